The molecule has 1 aliphatic rings. The summed E-state index contributed by atoms with van der Waals surface area (Å²) in [5.74, 6) is 1.83. The highest BCUT2D eigenvalue weighted by atomic mass is 79.9. The van der Waals surface area contributed by atoms with Crippen molar-refractivity contribution < 1.29 is 4.74 Å². The van der Waals surface area contributed by atoms with Crippen LogP contribution in [0.3, 0.4) is 0 Å². The third-order valence-electron chi connectivity index (χ3n) is 3.93. The van der Waals surface area contributed by atoms with Gasteiger partial charge < -0.3 is 10.1 Å². The van der Waals surface area contributed by atoms with Crippen LogP contribution in [0.15, 0.2) is 10.5 Å². The first-order chi connectivity index (χ1) is 9.10. The van der Waals surface area contributed by atoms with Gasteiger partial charge in [-0.1, -0.05) is 22.9 Å². The van der Waals surface area contributed by atoms with Gasteiger partial charge in [0.25, 0.3) is 0 Å². The molecule has 1 saturated carbocycles. The van der Waals surface area contributed by atoms with Crippen molar-refractivity contribution in [2.45, 2.75) is 46.1 Å². The molecule has 2 rings (SSSR count). The maximum Gasteiger partial charge on any atom is 0.126 e. The summed E-state index contributed by atoms with van der Waals surface area (Å²) in [4.78, 5) is 0. The monoisotopic (exact) mass is 325 g/mol. The summed E-state index contributed by atoms with van der Waals surface area (Å²) in [7, 11) is 1.78. The molecule has 0 amide bonds. The van der Waals surface area contributed by atoms with Crippen LogP contribution in [0.4, 0.5) is 0 Å². The minimum Gasteiger partial charge on any atom is -0.496 e. The summed E-state index contributed by atoms with van der Waals surface area (Å²) in [6.45, 7) is 7.59. The number of benzene rings is 1. The average molecular weight is 326 g/mol. The minimum absolute atomic E-state index is 0.436. The lowest BCUT2D eigenvalue weighted by molar-refractivity contribution is 0.387. The van der Waals surface area contributed by atoms with Crippen molar-refractivity contribution in [1.82, 2.24) is 5.32 Å². The fourth-order valence-corrected chi connectivity index (χ4v) is 3.31. The highest BCUT2D eigenvalue weighted by Crippen LogP contribution is 2.46. The third kappa shape index (κ3) is 3.14. The molecular weight excluding hydrogens is 302 g/mol. The lowest BCUT2D eigenvalue weighted by Gasteiger charge is -2.25. The summed E-state index contributed by atoms with van der Waals surface area (Å²) in [6.07, 6.45) is 3.82. The van der Waals surface area contributed by atoms with Gasteiger partial charge in [-0.05, 0) is 62.8 Å². The molecule has 0 spiro atoms. The zero-order valence-corrected chi connectivity index (χ0v) is 13.9. The first kappa shape index (κ1) is 14.9. The second-order valence-electron chi connectivity index (χ2n) is 5.52. The van der Waals surface area contributed by atoms with Crippen molar-refractivity contribution in [3.8, 4) is 5.75 Å². The summed E-state index contributed by atoms with van der Waals surface area (Å²) in [6, 6.07) is 2.59. The molecule has 0 radical (unpaired) electrons. The van der Waals surface area contributed by atoms with Crippen molar-refractivity contribution in [2.24, 2.45) is 5.92 Å². The largest absolute Gasteiger partial charge is 0.496 e. The van der Waals surface area contributed by atoms with Gasteiger partial charge in [0.2, 0.25) is 0 Å². The van der Waals surface area contributed by atoms with Gasteiger partial charge in [0, 0.05) is 16.1 Å². The van der Waals surface area contributed by atoms with E-state index in [1.165, 1.54) is 34.0 Å². The smallest absolute Gasteiger partial charge is 0.126 e. The summed E-state index contributed by atoms with van der Waals surface area (Å²) >= 11 is 3.68. The standard InChI is InChI=1S/C16H24BrNO/c1-5-8-18-15(12-6-7-12)14-11(3)13(17)9-10(2)16(14)19-4/h9,12,15,18H,5-8H2,1-4H3. The maximum absolute atomic E-state index is 5.69. The van der Waals surface area contributed by atoms with Gasteiger partial charge in [0.15, 0.2) is 0 Å². The van der Waals surface area contributed by atoms with E-state index in [0.29, 0.717) is 6.04 Å². The van der Waals surface area contributed by atoms with Crippen LogP contribution < -0.4 is 10.1 Å². The highest BCUT2D eigenvalue weighted by molar-refractivity contribution is 9.10. The molecule has 106 valence electrons. The van der Waals surface area contributed by atoms with Crippen molar-refractivity contribution >= 4 is 15.9 Å². The first-order valence-corrected chi connectivity index (χ1v) is 7.96. The normalized spacial score (nSPS) is 16.5. The molecular formula is C16H24BrNO. The maximum atomic E-state index is 5.69. The lowest BCUT2D eigenvalue weighted by Crippen LogP contribution is -2.25. The Labute approximate surface area is 125 Å². The second kappa shape index (κ2) is 6.27. The predicted molar refractivity (Wildman–Crippen MR) is 83.9 cm³/mol. The van der Waals surface area contributed by atoms with E-state index in [1.54, 1.807) is 7.11 Å². The number of nitrogens with one attached hydrogen (secondary N) is 1. The fraction of sp³-hybridized carbons (Fsp3) is 0.625. The summed E-state index contributed by atoms with van der Waals surface area (Å²) in [5.41, 5.74) is 3.87. The number of methoxy groups -OCH3 is 1. The zero-order chi connectivity index (χ0) is 14.0. The molecule has 1 aromatic carbocycles. The van der Waals surface area contributed by atoms with Gasteiger partial charge >= 0.3 is 0 Å². The molecule has 19 heavy (non-hydrogen) atoms. The topological polar surface area (TPSA) is 21.3 Å². The number of hydrogen-bond donors (Lipinski definition) is 1. The molecule has 2 nitrogen and oxygen atoms in total. The summed E-state index contributed by atoms with van der Waals surface area (Å²) in [5, 5.41) is 3.72. The van der Waals surface area contributed by atoms with E-state index < -0.39 is 0 Å². The Kier molecular flexibility index (Phi) is 4.91. The van der Waals surface area contributed by atoms with E-state index in [0.717, 1.165) is 24.6 Å². The molecule has 1 fully saturated rings. The zero-order valence-electron chi connectivity index (χ0n) is 12.3. The van der Waals surface area contributed by atoms with Crippen LogP contribution in [0.5, 0.6) is 5.75 Å². The molecule has 0 bridgehead atoms. The van der Waals surface area contributed by atoms with Crippen LogP contribution in [-0.4, -0.2) is 13.7 Å². The fourth-order valence-electron chi connectivity index (χ4n) is 2.75. The van der Waals surface area contributed by atoms with Gasteiger partial charge in [-0.15, -0.1) is 0 Å². The number of hydrogen-bond acceptors (Lipinski definition) is 2. The van der Waals surface area contributed by atoms with E-state index in [-0.39, 0.29) is 0 Å². The Morgan fingerprint density at radius 2 is 2.11 bits per heavy atom. The number of halogens is 1. The third-order valence-corrected chi connectivity index (χ3v) is 4.75. The number of aryl methyl sites for hydroxylation is 1. The lowest BCUT2D eigenvalue weighted by atomic mass is 9.94. The van der Waals surface area contributed by atoms with E-state index >= 15 is 0 Å². The van der Waals surface area contributed by atoms with Crippen LogP contribution in [0.25, 0.3) is 0 Å². The van der Waals surface area contributed by atoms with Gasteiger partial charge in [0.1, 0.15) is 5.75 Å². The quantitative estimate of drug-likeness (QED) is 0.829. The Morgan fingerprint density at radius 3 is 2.63 bits per heavy atom. The van der Waals surface area contributed by atoms with E-state index in [4.69, 9.17) is 4.74 Å². The van der Waals surface area contributed by atoms with E-state index in [2.05, 4.69) is 48.1 Å². The van der Waals surface area contributed by atoms with Crippen LogP contribution in [0.1, 0.15) is 48.9 Å². The van der Waals surface area contributed by atoms with Gasteiger partial charge in [-0.2, -0.15) is 0 Å². The molecule has 1 aromatic rings. The molecule has 1 N–H and O–H groups in total. The van der Waals surface area contributed by atoms with Crippen LogP contribution in [0.2, 0.25) is 0 Å². The van der Waals surface area contributed by atoms with Gasteiger partial charge in [0.05, 0.1) is 7.11 Å². The van der Waals surface area contributed by atoms with E-state index in [9.17, 15) is 0 Å². The van der Waals surface area contributed by atoms with Crippen molar-refractivity contribution in [3.63, 3.8) is 0 Å². The molecule has 0 aliphatic heterocycles. The van der Waals surface area contributed by atoms with E-state index in [1.807, 2.05) is 0 Å². The van der Waals surface area contributed by atoms with Crippen molar-refractivity contribution in [3.05, 3.63) is 27.2 Å². The SMILES string of the molecule is CCCNC(c1c(C)c(Br)cc(C)c1OC)C1CC1. The molecule has 0 aromatic heterocycles. The Bertz CT molecular complexity index is 455. The molecule has 3 heteroatoms. The van der Waals surface area contributed by atoms with Crippen LogP contribution in [-0.2, 0) is 0 Å². The highest BCUT2D eigenvalue weighted by Gasteiger charge is 2.35. The number of ether oxygens (including phenoxy) is 1. The second-order valence-corrected chi connectivity index (χ2v) is 6.37. The first-order valence-electron chi connectivity index (χ1n) is 7.17. The van der Waals surface area contributed by atoms with Gasteiger partial charge in [-0.25, -0.2) is 0 Å². The van der Waals surface area contributed by atoms with Crippen molar-refractivity contribution in [1.29, 1.82) is 0 Å². The van der Waals surface area contributed by atoms with Gasteiger partial charge in [-0.3, -0.25) is 0 Å². The predicted octanol–water partition coefficient (Wildman–Crippen LogP) is 4.53. The summed E-state index contributed by atoms with van der Waals surface area (Å²) < 4.78 is 6.87. The molecule has 0 saturated heterocycles. The van der Waals surface area contributed by atoms with Crippen LogP contribution >= 0.6 is 15.9 Å². The van der Waals surface area contributed by atoms with Crippen molar-refractivity contribution in [2.75, 3.05) is 13.7 Å². The Morgan fingerprint density at radius 1 is 1.42 bits per heavy atom. The number of rotatable bonds is 6. The molecule has 1 atom stereocenters. The molecule has 1 aliphatic carbocycles. The average Bonchev–Trinajstić information content (AvgIpc) is 3.20. The Balaban J connectivity index is 2.44. The minimum atomic E-state index is 0.436. The molecule has 0 heterocycles. The Hall–Kier alpha value is -0.540. The molecule has 1 unspecified atom stereocenters. The van der Waals surface area contributed by atoms with Crippen LogP contribution in [0, 0.1) is 19.8 Å².